The minimum absolute atomic E-state index is 0.662. The maximum absolute atomic E-state index is 9.24. The van der Waals surface area contributed by atoms with Crippen molar-refractivity contribution >= 4 is 5.82 Å². The molecule has 0 aromatic carbocycles. The maximum atomic E-state index is 9.24. The Morgan fingerprint density at radius 1 is 1.19 bits per heavy atom. The molecule has 0 atom stereocenters. The highest BCUT2D eigenvalue weighted by atomic mass is 15.0. The van der Waals surface area contributed by atoms with Crippen molar-refractivity contribution in [1.82, 2.24) is 10.3 Å². The minimum Gasteiger partial charge on any atom is -0.368 e. The molecule has 1 saturated carbocycles. The molecule has 2 N–H and O–H groups in total. The van der Waals surface area contributed by atoms with Crippen LogP contribution in [0.15, 0.2) is 6.07 Å². The largest absolute Gasteiger partial charge is 0.368 e. The molecule has 1 aromatic rings. The second-order valence-corrected chi connectivity index (χ2v) is 5.99. The summed E-state index contributed by atoms with van der Waals surface area (Å²) >= 11 is 0. The van der Waals surface area contributed by atoms with Crippen molar-refractivity contribution in [2.24, 2.45) is 0 Å². The van der Waals surface area contributed by atoms with E-state index in [-0.39, 0.29) is 0 Å². The summed E-state index contributed by atoms with van der Waals surface area (Å²) in [6.45, 7) is 5.65. The second kappa shape index (κ2) is 7.99. The number of nitriles is 1. The molecule has 21 heavy (non-hydrogen) atoms. The zero-order valence-electron chi connectivity index (χ0n) is 13.2. The number of hydrogen-bond acceptors (Lipinski definition) is 4. The fourth-order valence-corrected chi connectivity index (χ4v) is 3.05. The summed E-state index contributed by atoms with van der Waals surface area (Å²) in [6.07, 6.45) is 8.06. The van der Waals surface area contributed by atoms with Crippen LogP contribution in [0.4, 0.5) is 5.82 Å². The van der Waals surface area contributed by atoms with Gasteiger partial charge in [-0.05, 0) is 38.3 Å². The molecule has 0 amide bonds. The van der Waals surface area contributed by atoms with Crippen molar-refractivity contribution in [3.8, 4) is 6.07 Å². The van der Waals surface area contributed by atoms with E-state index in [1.54, 1.807) is 0 Å². The lowest BCUT2D eigenvalue weighted by Crippen LogP contribution is -2.32. The van der Waals surface area contributed by atoms with E-state index < -0.39 is 0 Å². The molecule has 0 saturated heterocycles. The number of anilines is 1. The molecule has 2 rings (SSSR count). The highest BCUT2D eigenvalue weighted by Crippen LogP contribution is 2.18. The van der Waals surface area contributed by atoms with E-state index in [2.05, 4.69) is 21.7 Å². The van der Waals surface area contributed by atoms with E-state index in [4.69, 9.17) is 0 Å². The Kier molecular flexibility index (Phi) is 6.01. The highest BCUT2D eigenvalue weighted by Gasteiger charge is 2.11. The molecule has 0 spiro atoms. The van der Waals surface area contributed by atoms with Crippen LogP contribution in [-0.4, -0.2) is 24.1 Å². The Labute approximate surface area is 128 Å². The third-order valence-electron chi connectivity index (χ3n) is 4.16. The fraction of sp³-hybridized carbons (Fsp3) is 0.647. The molecular weight excluding hydrogens is 260 g/mol. The number of pyridine rings is 1. The van der Waals surface area contributed by atoms with Crippen molar-refractivity contribution in [2.45, 2.75) is 58.4 Å². The Balaban J connectivity index is 1.82. The quantitative estimate of drug-likeness (QED) is 0.644. The zero-order valence-corrected chi connectivity index (χ0v) is 13.2. The van der Waals surface area contributed by atoms with Crippen molar-refractivity contribution in [1.29, 1.82) is 5.26 Å². The maximum Gasteiger partial charge on any atom is 0.144 e. The summed E-state index contributed by atoms with van der Waals surface area (Å²) in [5.74, 6) is 0.720. The van der Waals surface area contributed by atoms with Gasteiger partial charge in [0.1, 0.15) is 11.9 Å². The summed E-state index contributed by atoms with van der Waals surface area (Å²) in [6, 6.07) is 4.86. The van der Waals surface area contributed by atoms with Gasteiger partial charge in [-0.2, -0.15) is 5.26 Å². The first-order chi connectivity index (χ1) is 10.2. The van der Waals surface area contributed by atoms with Gasteiger partial charge in [-0.15, -0.1) is 0 Å². The molecule has 0 aliphatic heterocycles. The van der Waals surface area contributed by atoms with Gasteiger partial charge in [-0.25, -0.2) is 4.98 Å². The van der Waals surface area contributed by atoms with Gasteiger partial charge in [0.05, 0.1) is 5.56 Å². The van der Waals surface area contributed by atoms with Crippen LogP contribution in [0.1, 0.15) is 55.3 Å². The van der Waals surface area contributed by atoms with E-state index in [1.165, 1.54) is 38.5 Å². The van der Waals surface area contributed by atoms with Gasteiger partial charge in [-0.3, -0.25) is 0 Å². The lowest BCUT2D eigenvalue weighted by atomic mass is 10.1. The van der Waals surface area contributed by atoms with Crippen molar-refractivity contribution in [3.63, 3.8) is 0 Å². The summed E-state index contributed by atoms with van der Waals surface area (Å²) in [5, 5.41) is 16.2. The molecule has 114 valence electrons. The Hall–Kier alpha value is -1.60. The van der Waals surface area contributed by atoms with E-state index in [9.17, 15) is 5.26 Å². The predicted octanol–water partition coefficient (Wildman–Crippen LogP) is 3.29. The smallest absolute Gasteiger partial charge is 0.144 e. The molecule has 4 nitrogen and oxygen atoms in total. The SMILES string of the molecule is Cc1cc(C)c(C#N)c(NCCNC2CCCCCC2)n1. The molecule has 4 heteroatoms. The van der Waals surface area contributed by atoms with Gasteiger partial charge in [-0.1, -0.05) is 25.7 Å². The van der Waals surface area contributed by atoms with Crippen LogP contribution < -0.4 is 10.6 Å². The normalized spacial score (nSPS) is 16.2. The Morgan fingerprint density at radius 2 is 1.90 bits per heavy atom. The van der Waals surface area contributed by atoms with Crippen LogP contribution in [0, 0.1) is 25.2 Å². The van der Waals surface area contributed by atoms with E-state index in [1.807, 2.05) is 19.9 Å². The molecular formula is C17H26N4. The van der Waals surface area contributed by atoms with Crippen LogP contribution in [0.3, 0.4) is 0 Å². The Morgan fingerprint density at radius 3 is 2.57 bits per heavy atom. The van der Waals surface area contributed by atoms with Crippen LogP contribution in [0.5, 0.6) is 0 Å². The third kappa shape index (κ3) is 4.71. The average molecular weight is 286 g/mol. The number of aromatic nitrogens is 1. The highest BCUT2D eigenvalue weighted by molar-refractivity contribution is 5.56. The standard InChI is InChI=1S/C17H26N4/c1-13-11-14(2)21-17(16(13)12-18)20-10-9-19-15-7-5-3-4-6-8-15/h11,15,19H,3-10H2,1-2H3,(H,20,21). The van der Waals surface area contributed by atoms with Gasteiger partial charge in [0.15, 0.2) is 0 Å². The molecule has 0 unspecified atom stereocenters. The van der Waals surface area contributed by atoms with Crippen molar-refractivity contribution in [3.05, 3.63) is 22.9 Å². The number of rotatable bonds is 5. The van der Waals surface area contributed by atoms with Crippen molar-refractivity contribution in [2.75, 3.05) is 18.4 Å². The average Bonchev–Trinajstić information content (AvgIpc) is 2.72. The van der Waals surface area contributed by atoms with Crippen molar-refractivity contribution < 1.29 is 0 Å². The Bertz CT molecular complexity index is 496. The summed E-state index contributed by atoms with van der Waals surface area (Å²) < 4.78 is 0. The van der Waals surface area contributed by atoms with Gasteiger partial charge in [0, 0.05) is 24.8 Å². The minimum atomic E-state index is 0.662. The first-order valence-electron chi connectivity index (χ1n) is 8.06. The number of hydrogen-bond donors (Lipinski definition) is 2. The van der Waals surface area contributed by atoms with Crippen LogP contribution in [0.25, 0.3) is 0 Å². The second-order valence-electron chi connectivity index (χ2n) is 5.99. The number of aryl methyl sites for hydroxylation is 2. The fourth-order valence-electron chi connectivity index (χ4n) is 3.05. The topological polar surface area (TPSA) is 60.7 Å². The third-order valence-corrected chi connectivity index (χ3v) is 4.16. The molecule has 0 bridgehead atoms. The van der Waals surface area contributed by atoms with E-state index >= 15 is 0 Å². The van der Waals surface area contributed by atoms with E-state index in [0.717, 1.165) is 30.2 Å². The first kappa shape index (κ1) is 15.8. The van der Waals surface area contributed by atoms with Crippen LogP contribution >= 0.6 is 0 Å². The number of nitrogens with one attached hydrogen (secondary N) is 2. The summed E-state index contributed by atoms with van der Waals surface area (Å²) in [4.78, 5) is 4.44. The molecule has 1 aliphatic rings. The van der Waals surface area contributed by atoms with Crippen LogP contribution in [0.2, 0.25) is 0 Å². The summed E-state index contributed by atoms with van der Waals surface area (Å²) in [5.41, 5.74) is 2.60. The molecule has 1 fully saturated rings. The molecule has 0 radical (unpaired) electrons. The van der Waals surface area contributed by atoms with E-state index in [0.29, 0.717) is 11.6 Å². The number of nitrogens with zero attached hydrogens (tertiary/aromatic N) is 2. The van der Waals surface area contributed by atoms with Gasteiger partial charge in [0.2, 0.25) is 0 Å². The lowest BCUT2D eigenvalue weighted by Gasteiger charge is -2.17. The zero-order chi connectivity index (χ0) is 15.1. The van der Waals surface area contributed by atoms with Crippen LogP contribution in [-0.2, 0) is 0 Å². The van der Waals surface area contributed by atoms with Gasteiger partial charge < -0.3 is 10.6 Å². The molecule has 1 heterocycles. The molecule has 1 aliphatic carbocycles. The predicted molar refractivity (Wildman–Crippen MR) is 86.4 cm³/mol. The monoisotopic (exact) mass is 286 g/mol. The molecule has 1 aromatic heterocycles. The lowest BCUT2D eigenvalue weighted by molar-refractivity contribution is 0.468. The van der Waals surface area contributed by atoms with Gasteiger partial charge in [0.25, 0.3) is 0 Å². The first-order valence-corrected chi connectivity index (χ1v) is 8.06. The summed E-state index contributed by atoms with van der Waals surface area (Å²) in [7, 11) is 0. The van der Waals surface area contributed by atoms with Gasteiger partial charge >= 0.3 is 0 Å².